The van der Waals surface area contributed by atoms with Crippen LogP contribution in [0.25, 0.3) is 0 Å². The van der Waals surface area contributed by atoms with Crippen LogP contribution in [0.3, 0.4) is 0 Å². The van der Waals surface area contributed by atoms with Crippen LogP contribution in [0.1, 0.15) is 12.8 Å². The Morgan fingerprint density at radius 3 is 1.75 bits per heavy atom. The van der Waals surface area contributed by atoms with Crippen LogP contribution in [0, 0.1) is 0 Å². The second kappa shape index (κ2) is 4.18. The van der Waals surface area contributed by atoms with E-state index in [1.54, 1.807) is 0 Å². The number of aliphatic hydroxyl groups excluding tert-OH is 2. The molecule has 0 spiro atoms. The fourth-order valence-electron chi connectivity index (χ4n) is 1.62. The second-order valence-corrected chi connectivity index (χ2v) is 3.16. The molecule has 2 atom stereocenters. The van der Waals surface area contributed by atoms with Gasteiger partial charge in [-0.05, 0) is 0 Å². The molecule has 2 N–H and O–H groups in total. The molecule has 2 unspecified atom stereocenters. The van der Waals surface area contributed by atoms with Gasteiger partial charge < -0.3 is 19.7 Å². The average molecular weight is 176 g/mol. The molecule has 0 radical (unpaired) electrons. The van der Waals surface area contributed by atoms with Gasteiger partial charge in [-0.1, -0.05) is 0 Å². The Morgan fingerprint density at radius 2 is 1.42 bits per heavy atom. The monoisotopic (exact) mass is 176 g/mol. The molecule has 0 aromatic heterocycles. The van der Waals surface area contributed by atoms with Gasteiger partial charge in [0, 0.05) is 27.1 Å². The zero-order valence-corrected chi connectivity index (χ0v) is 7.43. The zero-order valence-electron chi connectivity index (χ0n) is 7.43. The maximum atomic E-state index is 9.59. The molecule has 1 rings (SSSR count). The van der Waals surface area contributed by atoms with E-state index in [9.17, 15) is 10.2 Å². The lowest BCUT2D eigenvalue weighted by Gasteiger charge is -2.35. The van der Waals surface area contributed by atoms with Crippen LogP contribution >= 0.6 is 0 Å². The van der Waals surface area contributed by atoms with Crippen molar-refractivity contribution in [2.24, 2.45) is 0 Å². The summed E-state index contributed by atoms with van der Waals surface area (Å²) in [6, 6.07) is 0. The van der Waals surface area contributed by atoms with Gasteiger partial charge in [0.15, 0.2) is 0 Å². The highest BCUT2D eigenvalue weighted by Gasteiger charge is 2.36. The van der Waals surface area contributed by atoms with Crippen molar-refractivity contribution < 1.29 is 19.7 Å². The van der Waals surface area contributed by atoms with Gasteiger partial charge in [-0.25, -0.2) is 0 Å². The molecule has 72 valence electrons. The third-order valence-electron chi connectivity index (χ3n) is 2.38. The molecule has 4 nitrogen and oxygen atoms in total. The molecule has 0 saturated heterocycles. The summed E-state index contributed by atoms with van der Waals surface area (Å²) in [7, 11) is 3.05. The summed E-state index contributed by atoms with van der Waals surface area (Å²) >= 11 is 0. The lowest BCUT2D eigenvalue weighted by atomic mass is 9.90. The highest BCUT2D eigenvalue weighted by atomic mass is 16.5. The minimum atomic E-state index is -0.622. The molecule has 1 aliphatic rings. The van der Waals surface area contributed by atoms with E-state index in [1.165, 1.54) is 14.2 Å². The molecule has 0 heterocycles. The van der Waals surface area contributed by atoms with Gasteiger partial charge in [0.2, 0.25) is 0 Å². The van der Waals surface area contributed by atoms with Gasteiger partial charge in [-0.2, -0.15) is 0 Å². The van der Waals surface area contributed by atoms with Crippen molar-refractivity contribution in [3.05, 3.63) is 0 Å². The summed E-state index contributed by atoms with van der Waals surface area (Å²) in [5.41, 5.74) is 0. The van der Waals surface area contributed by atoms with E-state index in [0.29, 0.717) is 12.8 Å². The van der Waals surface area contributed by atoms with Crippen LogP contribution in [0.5, 0.6) is 0 Å². The van der Waals surface area contributed by atoms with Crippen molar-refractivity contribution in [3.8, 4) is 0 Å². The quantitative estimate of drug-likeness (QED) is 0.597. The molecule has 1 aliphatic carbocycles. The number of methoxy groups -OCH3 is 2. The van der Waals surface area contributed by atoms with E-state index in [0.717, 1.165) is 0 Å². The van der Waals surface area contributed by atoms with E-state index in [4.69, 9.17) is 9.47 Å². The highest BCUT2D eigenvalue weighted by Crippen LogP contribution is 2.23. The minimum absolute atomic E-state index is 0.307. The predicted molar refractivity (Wildman–Crippen MR) is 42.8 cm³/mol. The first-order chi connectivity index (χ1) is 5.69. The largest absolute Gasteiger partial charge is 0.393 e. The van der Waals surface area contributed by atoms with E-state index in [-0.39, 0.29) is 12.2 Å². The van der Waals surface area contributed by atoms with E-state index >= 15 is 0 Å². The maximum Gasteiger partial charge on any atom is 0.106 e. The molecule has 0 aromatic carbocycles. The molecule has 12 heavy (non-hydrogen) atoms. The van der Waals surface area contributed by atoms with E-state index < -0.39 is 12.2 Å². The Balaban J connectivity index is 2.55. The summed E-state index contributed by atoms with van der Waals surface area (Å²) in [6.45, 7) is 0. The topological polar surface area (TPSA) is 58.9 Å². The standard InChI is InChI=1S/C8H16O4/c1-11-6-3-5(9)4-7(12-2)8(6)10/h5-10H,3-4H2,1-2H3. The van der Waals surface area contributed by atoms with Gasteiger partial charge >= 0.3 is 0 Å². The number of ether oxygens (including phenoxy) is 2. The van der Waals surface area contributed by atoms with Crippen LogP contribution in [-0.4, -0.2) is 48.8 Å². The number of aliphatic hydroxyl groups is 2. The van der Waals surface area contributed by atoms with Crippen LogP contribution in [0.15, 0.2) is 0 Å². The summed E-state index contributed by atoms with van der Waals surface area (Å²) in [5, 5.41) is 18.9. The number of hydrogen-bond donors (Lipinski definition) is 2. The van der Waals surface area contributed by atoms with Gasteiger partial charge in [0.25, 0.3) is 0 Å². The van der Waals surface area contributed by atoms with E-state index in [2.05, 4.69) is 0 Å². The summed E-state index contributed by atoms with van der Waals surface area (Å²) in [5.74, 6) is 0. The van der Waals surface area contributed by atoms with Gasteiger partial charge in [-0.15, -0.1) is 0 Å². The van der Waals surface area contributed by atoms with E-state index in [1.807, 2.05) is 0 Å². The van der Waals surface area contributed by atoms with Crippen LogP contribution in [0.4, 0.5) is 0 Å². The van der Waals surface area contributed by atoms with Crippen LogP contribution in [0.2, 0.25) is 0 Å². The molecule has 0 bridgehead atoms. The average Bonchev–Trinajstić information content (AvgIpc) is 2.08. The SMILES string of the molecule is COC1CC(O)CC(OC)C1O. The lowest BCUT2D eigenvalue weighted by molar-refractivity contribution is -0.139. The highest BCUT2D eigenvalue weighted by molar-refractivity contribution is 4.87. The number of rotatable bonds is 2. The number of hydrogen-bond acceptors (Lipinski definition) is 4. The van der Waals surface area contributed by atoms with Crippen LogP contribution < -0.4 is 0 Å². The molecule has 4 heteroatoms. The van der Waals surface area contributed by atoms with Crippen LogP contribution in [-0.2, 0) is 9.47 Å². The smallest absolute Gasteiger partial charge is 0.106 e. The lowest BCUT2D eigenvalue weighted by Crippen LogP contribution is -2.47. The third-order valence-corrected chi connectivity index (χ3v) is 2.38. The summed E-state index contributed by atoms with van der Waals surface area (Å²) in [6.07, 6.45) is -0.696. The van der Waals surface area contributed by atoms with Gasteiger partial charge in [0.05, 0.1) is 18.3 Å². The fraction of sp³-hybridized carbons (Fsp3) is 1.00. The first-order valence-electron chi connectivity index (χ1n) is 4.10. The molecular formula is C8H16O4. The Kier molecular flexibility index (Phi) is 3.46. The molecule has 1 saturated carbocycles. The summed E-state index contributed by atoms with van der Waals surface area (Å²) < 4.78 is 10.0. The Labute approximate surface area is 72.1 Å². The molecule has 0 aromatic rings. The summed E-state index contributed by atoms with van der Waals surface area (Å²) in [4.78, 5) is 0. The normalized spacial score (nSPS) is 43.0. The molecule has 1 fully saturated rings. The molecule has 0 amide bonds. The fourth-order valence-corrected chi connectivity index (χ4v) is 1.62. The first kappa shape index (κ1) is 9.92. The van der Waals surface area contributed by atoms with Crippen molar-refractivity contribution in [3.63, 3.8) is 0 Å². The second-order valence-electron chi connectivity index (χ2n) is 3.16. The molecule has 0 aliphatic heterocycles. The third kappa shape index (κ3) is 1.95. The minimum Gasteiger partial charge on any atom is -0.393 e. The van der Waals surface area contributed by atoms with Gasteiger partial charge in [0.1, 0.15) is 6.10 Å². The first-order valence-corrected chi connectivity index (χ1v) is 4.10. The zero-order chi connectivity index (χ0) is 9.14. The molecular weight excluding hydrogens is 160 g/mol. The Hall–Kier alpha value is -0.160. The van der Waals surface area contributed by atoms with Gasteiger partial charge in [-0.3, -0.25) is 0 Å². The Morgan fingerprint density at radius 1 is 1.00 bits per heavy atom. The maximum absolute atomic E-state index is 9.59. The van der Waals surface area contributed by atoms with Crippen molar-refractivity contribution in [2.45, 2.75) is 37.3 Å². The predicted octanol–water partition coefficient (Wildman–Crippen LogP) is -0.468. The van der Waals surface area contributed by atoms with Crippen molar-refractivity contribution >= 4 is 0 Å². The van der Waals surface area contributed by atoms with Crippen molar-refractivity contribution in [2.75, 3.05) is 14.2 Å². The Bertz CT molecular complexity index is 125. The van der Waals surface area contributed by atoms with Crippen molar-refractivity contribution in [1.29, 1.82) is 0 Å². The van der Waals surface area contributed by atoms with Crippen molar-refractivity contribution in [1.82, 2.24) is 0 Å².